The third kappa shape index (κ3) is 7.72. The zero-order valence-electron chi connectivity index (χ0n) is 21.5. The highest BCUT2D eigenvalue weighted by Crippen LogP contribution is 2.28. The van der Waals surface area contributed by atoms with Crippen molar-refractivity contribution < 1.29 is 18.0 Å². The van der Waals surface area contributed by atoms with Crippen molar-refractivity contribution in [2.45, 2.75) is 32.9 Å². The van der Waals surface area contributed by atoms with E-state index in [1.807, 2.05) is 43.3 Å². The molecule has 0 bridgehead atoms. The van der Waals surface area contributed by atoms with Crippen LogP contribution in [-0.4, -0.2) is 50.5 Å². The third-order valence-corrected chi connectivity index (χ3v) is 7.83. The van der Waals surface area contributed by atoms with Gasteiger partial charge in [-0.05, 0) is 49.2 Å². The molecule has 0 saturated heterocycles. The molecule has 3 aromatic rings. The molecule has 0 aliphatic rings. The van der Waals surface area contributed by atoms with Crippen molar-refractivity contribution in [2.75, 3.05) is 23.7 Å². The molecule has 10 heteroatoms. The number of amides is 2. The highest BCUT2D eigenvalue weighted by molar-refractivity contribution is 7.92. The first-order valence-corrected chi connectivity index (χ1v) is 14.7. The van der Waals surface area contributed by atoms with Crippen molar-refractivity contribution in [3.8, 4) is 0 Å². The van der Waals surface area contributed by atoms with Crippen molar-refractivity contribution in [1.29, 1.82) is 0 Å². The molecule has 7 nitrogen and oxygen atoms in total. The van der Waals surface area contributed by atoms with E-state index in [4.69, 9.17) is 23.2 Å². The number of carbonyl (C=O) groups is 2. The second-order valence-electron chi connectivity index (χ2n) is 8.93. The summed E-state index contributed by atoms with van der Waals surface area (Å²) in [5, 5.41) is 3.48. The number of hydrogen-bond donors (Lipinski definition) is 1. The summed E-state index contributed by atoms with van der Waals surface area (Å²) < 4.78 is 26.6. The second-order valence-corrected chi connectivity index (χ2v) is 11.7. The predicted octanol–water partition coefficient (Wildman–Crippen LogP) is 4.84. The van der Waals surface area contributed by atoms with Gasteiger partial charge in [0.1, 0.15) is 12.6 Å². The molecule has 0 unspecified atom stereocenters. The van der Waals surface area contributed by atoms with E-state index in [0.29, 0.717) is 27.8 Å². The lowest BCUT2D eigenvalue weighted by Crippen LogP contribution is -2.53. The Kier molecular flexibility index (Phi) is 10.2. The molecule has 202 valence electrons. The summed E-state index contributed by atoms with van der Waals surface area (Å²) in [5.41, 5.74) is 2.50. The SMILES string of the molecule is CCNC(=O)[C@H](Cc1ccccc1)N(Cc1c(Cl)cccc1Cl)C(=O)CN(c1cccc(C)c1)S(C)(=O)=O. The molecule has 0 fully saturated rings. The topological polar surface area (TPSA) is 86.8 Å². The molecule has 0 heterocycles. The molecule has 1 atom stereocenters. The molecular weight excluding hydrogens is 545 g/mol. The highest BCUT2D eigenvalue weighted by Gasteiger charge is 2.33. The molecule has 0 aliphatic heterocycles. The summed E-state index contributed by atoms with van der Waals surface area (Å²) in [6.45, 7) is 3.39. The van der Waals surface area contributed by atoms with Crippen molar-refractivity contribution in [1.82, 2.24) is 10.2 Å². The number of likely N-dealkylation sites (N-methyl/N-ethyl adjacent to an activating group) is 1. The van der Waals surface area contributed by atoms with Crippen LogP contribution in [0.15, 0.2) is 72.8 Å². The summed E-state index contributed by atoms with van der Waals surface area (Å²) in [7, 11) is -3.83. The van der Waals surface area contributed by atoms with Crippen LogP contribution in [0.2, 0.25) is 10.0 Å². The number of nitrogens with one attached hydrogen (secondary N) is 1. The van der Waals surface area contributed by atoms with E-state index >= 15 is 0 Å². The molecule has 38 heavy (non-hydrogen) atoms. The Hall–Kier alpha value is -3.07. The molecule has 2 amide bonds. The smallest absolute Gasteiger partial charge is 0.244 e. The van der Waals surface area contributed by atoms with Gasteiger partial charge in [-0.15, -0.1) is 0 Å². The van der Waals surface area contributed by atoms with Gasteiger partial charge in [0.2, 0.25) is 21.8 Å². The third-order valence-electron chi connectivity index (χ3n) is 5.98. The number of aryl methyl sites for hydroxylation is 1. The molecule has 3 rings (SSSR count). The van der Waals surface area contributed by atoms with Crippen molar-refractivity contribution in [3.63, 3.8) is 0 Å². The van der Waals surface area contributed by atoms with Gasteiger partial charge in [0.15, 0.2) is 0 Å². The van der Waals surface area contributed by atoms with Crippen LogP contribution in [0.5, 0.6) is 0 Å². The van der Waals surface area contributed by atoms with Gasteiger partial charge in [-0.25, -0.2) is 8.42 Å². The van der Waals surface area contributed by atoms with E-state index in [1.54, 1.807) is 43.3 Å². The lowest BCUT2D eigenvalue weighted by atomic mass is 10.0. The Morgan fingerprint density at radius 3 is 2.16 bits per heavy atom. The van der Waals surface area contributed by atoms with E-state index in [1.165, 1.54) is 4.90 Å². The Morgan fingerprint density at radius 2 is 1.58 bits per heavy atom. The predicted molar refractivity (Wildman–Crippen MR) is 153 cm³/mol. The van der Waals surface area contributed by atoms with Gasteiger partial charge in [-0.3, -0.25) is 13.9 Å². The highest BCUT2D eigenvalue weighted by atomic mass is 35.5. The van der Waals surface area contributed by atoms with E-state index in [9.17, 15) is 18.0 Å². The molecule has 0 spiro atoms. The van der Waals surface area contributed by atoms with Crippen LogP contribution < -0.4 is 9.62 Å². The standard InChI is InChI=1S/C28H31Cl2N3O4S/c1-4-31-28(35)26(17-21-11-6-5-7-12-21)32(18-23-24(29)14-9-15-25(23)30)27(34)19-33(38(3,36)37)22-13-8-10-20(2)16-22/h5-16,26H,4,17-19H2,1-3H3,(H,31,35)/t26-/m0/s1. The number of benzene rings is 3. The summed E-state index contributed by atoms with van der Waals surface area (Å²) in [6.07, 6.45) is 1.26. The minimum atomic E-state index is -3.83. The minimum absolute atomic E-state index is 0.0859. The van der Waals surface area contributed by atoms with E-state index < -0.39 is 28.5 Å². The number of sulfonamides is 1. The van der Waals surface area contributed by atoms with Gasteiger partial charge < -0.3 is 10.2 Å². The van der Waals surface area contributed by atoms with Gasteiger partial charge in [0, 0.05) is 35.1 Å². The van der Waals surface area contributed by atoms with E-state index in [-0.39, 0.29) is 18.9 Å². The van der Waals surface area contributed by atoms with Crippen LogP contribution in [0.25, 0.3) is 0 Å². The average Bonchev–Trinajstić information content (AvgIpc) is 2.86. The monoisotopic (exact) mass is 575 g/mol. The number of rotatable bonds is 11. The number of anilines is 1. The normalized spacial score (nSPS) is 12.0. The first-order valence-electron chi connectivity index (χ1n) is 12.1. The molecule has 0 saturated carbocycles. The fraction of sp³-hybridized carbons (Fsp3) is 0.286. The molecular formula is C28H31Cl2N3O4S. The van der Waals surface area contributed by atoms with Gasteiger partial charge >= 0.3 is 0 Å². The zero-order chi connectivity index (χ0) is 27.9. The van der Waals surface area contributed by atoms with Crippen LogP contribution in [-0.2, 0) is 32.6 Å². The second kappa shape index (κ2) is 13.1. The van der Waals surface area contributed by atoms with Gasteiger partial charge in [0.25, 0.3) is 0 Å². The summed E-state index contributed by atoms with van der Waals surface area (Å²) >= 11 is 12.9. The Balaban J connectivity index is 2.09. The average molecular weight is 577 g/mol. The fourth-order valence-electron chi connectivity index (χ4n) is 4.10. The van der Waals surface area contributed by atoms with Crippen molar-refractivity contribution in [3.05, 3.63) is 99.5 Å². The quantitative estimate of drug-likeness (QED) is 0.354. The largest absolute Gasteiger partial charge is 0.355 e. The number of nitrogens with zero attached hydrogens (tertiary/aromatic N) is 2. The molecule has 0 radical (unpaired) electrons. The lowest BCUT2D eigenvalue weighted by molar-refractivity contribution is -0.140. The molecule has 1 N–H and O–H groups in total. The maximum Gasteiger partial charge on any atom is 0.244 e. The first-order chi connectivity index (χ1) is 18.0. The number of halogens is 2. The van der Waals surface area contributed by atoms with Gasteiger partial charge in [-0.1, -0.05) is 71.7 Å². The number of hydrogen-bond acceptors (Lipinski definition) is 4. The van der Waals surface area contributed by atoms with E-state index in [2.05, 4.69) is 5.32 Å². The Bertz CT molecular complexity index is 1360. The van der Waals surface area contributed by atoms with Crippen LogP contribution in [0.1, 0.15) is 23.6 Å². The summed E-state index contributed by atoms with van der Waals surface area (Å²) in [6, 6.07) is 20.2. The van der Waals surface area contributed by atoms with Crippen LogP contribution in [0, 0.1) is 6.92 Å². The Labute approximate surface area is 234 Å². The lowest BCUT2D eigenvalue weighted by Gasteiger charge is -2.34. The maximum atomic E-state index is 14.0. The van der Waals surface area contributed by atoms with Gasteiger partial charge in [-0.2, -0.15) is 0 Å². The zero-order valence-corrected chi connectivity index (χ0v) is 23.9. The maximum absolute atomic E-state index is 14.0. The summed E-state index contributed by atoms with van der Waals surface area (Å²) in [4.78, 5) is 28.7. The molecule has 0 aliphatic carbocycles. The van der Waals surface area contributed by atoms with Crippen LogP contribution in [0.4, 0.5) is 5.69 Å². The van der Waals surface area contributed by atoms with Crippen LogP contribution >= 0.6 is 23.2 Å². The fourth-order valence-corrected chi connectivity index (χ4v) is 5.45. The van der Waals surface area contributed by atoms with E-state index in [0.717, 1.165) is 21.7 Å². The van der Waals surface area contributed by atoms with Crippen molar-refractivity contribution >= 4 is 50.7 Å². The summed E-state index contributed by atoms with van der Waals surface area (Å²) in [5.74, 6) is -0.936. The van der Waals surface area contributed by atoms with Gasteiger partial charge in [0.05, 0.1) is 11.9 Å². The first kappa shape index (κ1) is 29.5. The number of carbonyl (C=O) groups excluding carboxylic acids is 2. The molecule has 3 aromatic carbocycles. The van der Waals surface area contributed by atoms with Crippen LogP contribution in [0.3, 0.4) is 0 Å². The van der Waals surface area contributed by atoms with Crippen molar-refractivity contribution in [2.24, 2.45) is 0 Å². The minimum Gasteiger partial charge on any atom is -0.355 e. The molecule has 0 aromatic heterocycles. The Morgan fingerprint density at radius 1 is 0.947 bits per heavy atom.